The van der Waals surface area contributed by atoms with Crippen LogP contribution in [0.3, 0.4) is 0 Å². The van der Waals surface area contributed by atoms with Gasteiger partial charge >= 0.3 is 6.03 Å². The largest absolute Gasteiger partial charge is 0.473 e. The van der Waals surface area contributed by atoms with E-state index >= 15 is 0 Å². The summed E-state index contributed by atoms with van der Waals surface area (Å²) < 4.78 is 6.57. The van der Waals surface area contributed by atoms with E-state index in [0.717, 1.165) is 25.6 Å². The van der Waals surface area contributed by atoms with Crippen LogP contribution in [0.5, 0.6) is 5.88 Å². The molecule has 1 aromatic carbocycles. The molecule has 122 valence electrons. The van der Waals surface area contributed by atoms with Crippen molar-refractivity contribution in [2.24, 2.45) is 11.7 Å². The predicted molar refractivity (Wildman–Crippen MR) is 91.5 cm³/mol. The number of hydrazine groups is 2. The standard InChI is InChI=1S/C15H18BrN5O2/c1-10-4-3-5-13(21(18)15(22)20(2)17)12(10)9-23-14-8-11(16)6-7-19-14/h3-8H,9,17-18H2,1-2H3. The second-order valence-corrected chi connectivity index (χ2v) is 5.85. The van der Waals surface area contributed by atoms with Gasteiger partial charge in [-0.3, -0.25) is 5.01 Å². The zero-order valence-electron chi connectivity index (χ0n) is 12.9. The topological polar surface area (TPSA) is 97.7 Å². The Morgan fingerprint density at radius 1 is 1.35 bits per heavy atom. The number of hydrogen-bond acceptors (Lipinski definition) is 5. The van der Waals surface area contributed by atoms with Crippen molar-refractivity contribution in [2.45, 2.75) is 13.5 Å². The Bertz CT molecular complexity index is 708. The van der Waals surface area contributed by atoms with E-state index in [2.05, 4.69) is 20.9 Å². The van der Waals surface area contributed by atoms with E-state index in [1.54, 1.807) is 18.3 Å². The van der Waals surface area contributed by atoms with Crippen LogP contribution in [0.1, 0.15) is 11.1 Å². The number of pyridine rings is 1. The number of nitrogens with zero attached hydrogens (tertiary/aromatic N) is 3. The van der Waals surface area contributed by atoms with E-state index in [9.17, 15) is 4.79 Å². The molecule has 2 rings (SSSR count). The second-order valence-electron chi connectivity index (χ2n) is 4.94. The lowest BCUT2D eigenvalue weighted by Crippen LogP contribution is -2.49. The summed E-state index contributed by atoms with van der Waals surface area (Å²) in [5, 5.41) is 1.92. The van der Waals surface area contributed by atoms with Gasteiger partial charge in [0.15, 0.2) is 0 Å². The fourth-order valence-electron chi connectivity index (χ4n) is 1.98. The molecule has 0 atom stereocenters. The maximum absolute atomic E-state index is 12.0. The van der Waals surface area contributed by atoms with Crippen molar-refractivity contribution >= 4 is 27.6 Å². The van der Waals surface area contributed by atoms with Crippen molar-refractivity contribution in [1.29, 1.82) is 0 Å². The first-order valence-corrected chi connectivity index (χ1v) is 7.59. The van der Waals surface area contributed by atoms with E-state index in [1.165, 1.54) is 7.05 Å². The van der Waals surface area contributed by atoms with E-state index in [-0.39, 0.29) is 6.61 Å². The van der Waals surface area contributed by atoms with Gasteiger partial charge in [0.05, 0.1) is 5.69 Å². The molecule has 0 radical (unpaired) electrons. The number of halogens is 1. The number of benzene rings is 1. The summed E-state index contributed by atoms with van der Waals surface area (Å²) in [5.74, 6) is 11.8. The molecule has 8 heteroatoms. The zero-order chi connectivity index (χ0) is 17.0. The number of rotatable bonds is 4. The van der Waals surface area contributed by atoms with E-state index < -0.39 is 6.03 Å². The number of aryl methyl sites for hydroxylation is 1. The van der Waals surface area contributed by atoms with Crippen molar-refractivity contribution in [1.82, 2.24) is 9.99 Å². The number of carbonyl (C=O) groups is 1. The minimum Gasteiger partial charge on any atom is -0.473 e. The molecule has 1 heterocycles. The van der Waals surface area contributed by atoms with Crippen LogP contribution in [0.15, 0.2) is 41.0 Å². The lowest BCUT2D eigenvalue weighted by molar-refractivity contribution is 0.216. The van der Waals surface area contributed by atoms with Gasteiger partial charge in [0, 0.05) is 29.3 Å². The van der Waals surface area contributed by atoms with Gasteiger partial charge in [-0.25, -0.2) is 26.5 Å². The van der Waals surface area contributed by atoms with E-state index in [1.807, 2.05) is 25.1 Å². The SMILES string of the molecule is Cc1cccc(N(N)C(=O)N(C)N)c1COc1cc(Br)ccn1. The molecule has 0 aliphatic heterocycles. The smallest absolute Gasteiger partial charge is 0.352 e. The Balaban J connectivity index is 2.26. The Kier molecular flexibility index (Phi) is 5.54. The second kappa shape index (κ2) is 7.40. The Morgan fingerprint density at radius 3 is 2.74 bits per heavy atom. The van der Waals surface area contributed by atoms with Gasteiger partial charge < -0.3 is 4.74 Å². The molecule has 2 amide bonds. The van der Waals surface area contributed by atoms with Crippen LogP contribution < -0.4 is 21.4 Å². The Hall–Kier alpha value is -2.16. The molecule has 0 fully saturated rings. The molecule has 0 spiro atoms. The Labute approximate surface area is 142 Å². The predicted octanol–water partition coefficient (Wildman–Crippen LogP) is 2.34. The monoisotopic (exact) mass is 379 g/mol. The van der Waals surface area contributed by atoms with E-state index in [0.29, 0.717) is 11.6 Å². The highest BCUT2D eigenvalue weighted by Crippen LogP contribution is 2.24. The van der Waals surface area contributed by atoms with Crippen molar-refractivity contribution in [3.05, 3.63) is 52.1 Å². The first-order valence-electron chi connectivity index (χ1n) is 6.80. The highest BCUT2D eigenvalue weighted by atomic mass is 79.9. The van der Waals surface area contributed by atoms with Crippen LogP contribution >= 0.6 is 15.9 Å². The summed E-state index contributed by atoms with van der Waals surface area (Å²) in [5.41, 5.74) is 2.26. The van der Waals surface area contributed by atoms with Gasteiger partial charge in [-0.15, -0.1) is 0 Å². The van der Waals surface area contributed by atoms with Gasteiger partial charge in [0.1, 0.15) is 6.61 Å². The van der Waals surface area contributed by atoms with Crippen molar-refractivity contribution in [2.75, 3.05) is 12.1 Å². The maximum atomic E-state index is 12.0. The minimum atomic E-state index is -0.530. The number of ether oxygens (including phenoxy) is 1. The third-order valence-electron chi connectivity index (χ3n) is 3.21. The minimum absolute atomic E-state index is 0.223. The third-order valence-corrected chi connectivity index (χ3v) is 3.71. The van der Waals surface area contributed by atoms with Crippen molar-refractivity contribution in [3.63, 3.8) is 0 Å². The maximum Gasteiger partial charge on any atom is 0.352 e. The molecule has 0 aliphatic rings. The molecule has 2 aromatic rings. The highest BCUT2D eigenvalue weighted by molar-refractivity contribution is 9.10. The number of anilines is 1. The molecular formula is C15H18BrN5O2. The summed E-state index contributed by atoms with van der Waals surface area (Å²) >= 11 is 3.36. The number of carbonyl (C=O) groups excluding carboxylic acids is 1. The van der Waals surface area contributed by atoms with Crippen LogP contribution in [-0.4, -0.2) is 23.1 Å². The summed E-state index contributed by atoms with van der Waals surface area (Å²) in [7, 11) is 1.43. The summed E-state index contributed by atoms with van der Waals surface area (Å²) in [6.07, 6.45) is 1.64. The average Bonchev–Trinajstić information content (AvgIpc) is 2.52. The molecule has 1 aromatic heterocycles. The molecule has 0 bridgehead atoms. The van der Waals surface area contributed by atoms with Crippen LogP contribution in [-0.2, 0) is 6.61 Å². The number of hydrogen-bond donors (Lipinski definition) is 2. The lowest BCUT2D eigenvalue weighted by atomic mass is 10.1. The molecule has 0 unspecified atom stereocenters. The number of amides is 2. The summed E-state index contributed by atoms with van der Waals surface area (Å²) in [6.45, 7) is 2.14. The number of urea groups is 1. The number of nitrogens with two attached hydrogens (primary N) is 2. The summed E-state index contributed by atoms with van der Waals surface area (Å²) in [4.78, 5) is 16.1. The Morgan fingerprint density at radius 2 is 2.09 bits per heavy atom. The normalized spacial score (nSPS) is 10.3. The van der Waals surface area contributed by atoms with Crippen LogP contribution in [0, 0.1) is 6.92 Å². The molecule has 23 heavy (non-hydrogen) atoms. The molecule has 0 saturated carbocycles. The molecule has 0 aliphatic carbocycles. The molecular weight excluding hydrogens is 362 g/mol. The fourth-order valence-corrected chi connectivity index (χ4v) is 2.30. The van der Waals surface area contributed by atoms with Gasteiger partial charge in [-0.1, -0.05) is 28.1 Å². The van der Waals surface area contributed by atoms with Gasteiger partial charge in [0.25, 0.3) is 0 Å². The van der Waals surface area contributed by atoms with Crippen molar-refractivity contribution in [3.8, 4) is 5.88 Å². The third kappa shape index (κ3) is 4.19. The van der Waals surface area contributed by atoms with Crippen LogP contribution in [0.4, 0.5) is 10.5 Å². The fraction of sp³-hybridized carbons (Fsp3) is 0.200. The zero-order valence-corrected chi connectivity index (χ0v) is 14.4. The first-order chi connectivity index (χ1) is 10.9. The molecule has 0 saturated heterocycles. The molecule has 4 N–H and O–H groups in total. The van der Waals surface area contributed by atoms with E-state index in [4.69, 9.17) is 16.4 Å². The first kappa shape index (κ1) is 17.2. The average molecular weight is 380 g/mol. The van der Waals surface area contributed by atoms with Gasteiger partial charge in [-0.2, -0.15) is 0 Å². The van der Waals surface area contributed by atoms with Gasteiger partial charge in [0.2, 0.25) is 5.88 Å². The van der Waals surface area contributed by atoms with Gasteiger partial charge in [-0.05, 0) is 24.6 Å². The number of aromatic nitrogens is 1. The summed E-state index contributed by atoms with van der Waals surface area (Å²) in [6, 6.07) is 8.51. The van der Waals surface area contributed by atoms with Crippen LogP contribution in [0.25, 0.3) is 0 Å². The van der Waals surface area contributed by atoms with Crippen LogP contribution in [0.2, 0.25) is 0 Å². The lowest BCUT2D eigenvalue weighted by Gasteiger charge is -2.24. The van der Waals surface area contributed by atoms with Crippen molar-refractivity contribution < 1.29 is 9.53 Å². The quantitative estimate of drug-likeness (QED) is 0.482. The highest BCUT2D eigenvalue weighted by Gasteiger charge is 2.19. The molecule has 7 nitrogen and oxygen atoms in total.